The third-order valence-electron chi connectivity index (χ3n) is 11.1. The maximum Gasteiger partial charge on any atom is 0.306 e. The van der Waals surface area contributed by atoms with E-state index in [0.29, 0.717) is 35.9 Å². The number of fused-ring (bicyclic) bond motifs is 12. The fourth-order valence-corrected chi connectivity index (χ4v) is 10.4. The lowest BCUT2D eigenvalue weighted by molar-refractivity contribution is -0.185. The molecule has 0 radical (unpaired) electrons. The highest BCUT2D eigenvalue weighted by atomic mass is 16.6. The summed E-state index contributed by atoms with van der Waals surface area (Å²) < 4.78 is 6.26. The first-order chi connectivity index (χ1) is 13.3. The molecule has 1 saturated heterocycles. The highest BCUT2D eigenvalue weighted by molar-refractivity contribution is 5.92. The summed E-state index contributed by atoms with van der Waals surface area (Å²) in [5.74, 6) is 6.17. The smallest absolute Gasteiger partial charge is 0.306 e. The van der Waals surface area contributed by atoms with Gasteiger partial charge < -0.3 is 4.74 Å². The quantitative estimate of drug-likeness (QED) is 0.579. The molecule has 6 fully saturated rings. The van der Waals surface area contributed by atoms with Crippen LogP contribution in [0.4, 0.5) is 0 Å². The first-order valence-electron chi connectivity index (χ1n) is 11.8. The maximum absolute atomic E-state index is 12.2. The summed E-state index contributed by atoms with van der Waals surface area (Å²) in [4.78, 5) is 24.5. The normalized spacial score (nSPS) is 62.9. The summed E-state index contributed by atoms with van der Waals surface area (Å²) in [5, 5.41) is 0. The van der Waals surface area contributed by atoms with Crippen molar-refractivity contribution in [3.63, 3.8) is 0 Å². The van der Waals surface area contributed by atoms with Crippen LogP contribution in [0.1, 0.15) is 65.7 Å². The number of esters is 1. The summed E-state index contributed by atoms with van der Waals surface area (Å²) in [5.41, 5.74) is 1.77. The lowest BCUT2D eigenvalue weighted by Crippen LogP contribution is -2.60. The Morgan fingerprint density at radius 3 is 2.61 bits per heavy atom. The van der Waals surface area contributed by atoms with Crippen LogP contribution < -0.4 is 0 Å². The third-order valence-corrected chi connectivity index (χ3v) is 11.1. The van der Waals surface area contributed by atoms with Crippen LogP contribution in [0.2, 0.25) is 0 Å². The molecule has 6 unspecified atom stereocenters. The number of rotatable bonds is 0. The van der Waals surface area contributed by atoms with Gasteiger partial charge in [-0.1, -0.05) is 26.3 Å². The van der Waals surface area contributed by atoms with Gasteiger partial charge in [0.2, 0.25) is 0 Å². The molecule has 11 atom stereocenters. The number of hydrogen-bond donors (Lipinski definition) is 0. The molecule has 5 saturated carbocycles. The van der Waals surface area contributed by atoms with Gasteiger partial charge in [-0.2, -0.15) is 0 Å². The topological polar surface area (TPSA) is 43.4 Å². The molecule has 0 aromatic carbocycles. The fourth-order valence-electron chi connectivity index (χ4n) is 10.4. The van der Waals surface area contributed by atoms with Crippen molar-refractivity contribution in [3.05, 3.63) is 11.6 Å². The Hall–Kier alpha value is -1.12. The van der Waals surface area contributed by atoms with Crippen molar-refractivity contribution >= 4 is 11.8 Å². The Kier molecular flexibility index (Phi) is 2.75. The van der Waals surface area contributed by atoms with Gasteiger partial charge in [0.1, 0.15) is 5.60 Å². The van der Waals surface area contributed by atoms with Gasteiger partial charge in [0.15, 0.2) is 5.78 Å². The van der Waals surface area contributed by atoms with Crippen LogP contribution in [0.25, 0.3) is 0 Å². The number of carbonyl (C=O) groups excluding carboxylic acids is 2. The molecule has 28 heavy (non-hydrogen) atoms. The van der Waals surface area contributed by atoms with Gasteiger partial charge in [-0.3, -0.25) is 9.59 Å². The standard InChI is InChI=1S/C25H32O3/c1-12-11-24(3)22(16-10-18(16)25(24)7-5-19(27)28-25)20-15-9-14(15)17-8-13(26)4-6-23(17,2)21(12)20/h8,12,14-16,18,20-22H,4-7,9-11H2,1-3H3/t12?,14-,15?,16?,18+,20?,21?,22?,23+,24+,25+/m1/s1. The SMILES string of the molecule is CC1C[C@@]2(C)C(C3C4C[C@H]4C4=CC(=O)CC[C@]4(C)C13)C1C[C@@H]1[C@@]21CCC(=O)O1. The zero-order valence-corrected chi connectivity index (χ0v) is 17.4. The van der Waals surface area contributed by atoms with Crippen LogP contribution in [0.3, 0.4) is 0 Å². The van der Waals surface area contributed by atoms with E-state index in [0.717, 1.165) is 42.9 Å². The zero-order chi connectivity index (χ0) is 19.2. The maximum atomic E-state index is 12.2. The Morgan fingerprint density at radius 2 is 1.86 bits per heavy atom. The van der Waals surface area contributed by atoms with Crippen molar-refractivity contribution in [2.75, 3.05) is 0 Å². The van der Waals surface area contributed by atoms with Crippen LogP contribution in [-0.4, -0.2) is 17.4 Å². The van der Waals surface area contributed by atoms with Crippen molar-refractivity contribution in [1.82, 2.24) is 0 Å². The van der Waals surface area contributed by atoms with E-state index >= 15 is 0 Å². The van der Waals surface area contributed by atoms with Gasteiger partial charge in [0, 0.05) is 24.2 Å². The van der Waals surface area contributed by atoms with Crippen molar-refractivity contribution in [3.8, 4) is 0 Å². The van der Waals surface area contributed by atoms with Crippen LogP contribution in [0, 0.1) is 58.2 Å². The van der Waals surface area contributed by atoms with Gasteiger partial charge >= 0.3 is 5.97 Å². The minimum Gasteiger partial charge on any atom is -0.458 e. The predicted molar refractivity (Wildman–Crippen MR) is 104 cm³/mol. The van der Waals surface area contributed by atoms with Crippen molar-refractivity contribution in [1.29, 1.82) is 0 Å². The molecule has 0 aromatic rings. The third kappa shape index (κ3) is 1.61. The first kappa shape index (κ1) is 16.7. The Bertz CT molecular complexity index is 858. The fraction of sp³-hybridized carbons (Fsp3) is 0.840. The van der Waals surface area contributed by atoms with E-state index in [-0.39, 0.29) is 22.4 Å². The summed E-state index contributed by atoms with van der Waals surface area (Å²) >= 11 is 0. The number of ether oxygens (including phenoxy) is 1. The molecular formula is C25H32O3. The predicted octanol–water partition coefficient (Wildman–Crippen LogP) is 4.55. The van der Waals surface area contributed by atoms with E-state index in [4.69, 9.17) is 4.74 Å². The second kappa shape index (κ2) is 4.62. The summed E-state index contributed by atoms with van der Waals surface area (Å²) in [6.45, 7) is 7.49. The Balaban J connectivity index is 1.36. The highest BCUT2D eigenvalue weighted by Gasteiger charge is 2.81. The van der Waals surface area contributed by atoms with Gasteiger partial charge in [-0.15, -0.1) is 0 Å². The minimum atomic E-state index is -0.150. The van der Waals surface area contributed by atoms with Crippen LogP contribution in [-0.2, 0) is 14.3 Å². The molecule has 150 valence electrons. The van der Waals surface area contributed by atoms with Gasteiger partial charge in [-0.05, 0) is 85.0 Å². The number of allylic oxidation sites excluding steroid dienone is 1. The minimum absolute atomic E-state index is 0.0539. The molecule has 0 bridgehead atoms. The molecule has 0 N–H and O–H groups in total. The van der Waals surface area contributed by atoms with E-state index in [1.54, 1.807) is 0 Å². The Labute approximate surface area is 167 Å². The van der Waals surface area contributed by atoms with Gasteiger partial charge in [0.05, 0.1) is 0 Å². The van der Waals surface area contributed by atoms with Crippen molar-refractivity contribution < 1.29 is 14.3 Å². The summed E-state index contributed by atoms with van der Waals surface area (Å²) in [6.07, 6.45) is 9.27. The van der Waals surface area contributed by atoms with E-state index in [9.17, 15) is 9.59 Å². The van der Waals surface area contributed by atoms with Crippen LogP contribution in [0.15, 0.2) is 11.6 Å². The molecule has 0 aromatic heterocycles. The van der Waals surface area contributed by atoms with Gasteiger partial charge in [-0.25, -0.2) is 0 Å². The van der Waals surface area contributed by atoms with Crippen LogP contribution >= 0.6 is 0 Å². The summed E-state index contributed by atoms with van der Waals surface area (Å²) in [7, 11) is 0. The lowest BCUT2D eigenvalue weighted by Gasteiger charge is -2.62. The second-order valence-electron chi connectivity index (χ2n) is 12.1. The molecule has 3 heteroatoms. The van der Waals surface area contributed by atoms with Crippen molar-refractivity contribution in [2.24, 2.45) is 58.2 Å². The summed E-state index contributed by atoms with van der Waals surface area (Å²) in [6, 6.07) is 0. The number of hydrogen-bond acceptors (Lipinski definition) is 3. The highest BCUT2D eigenvalue weighted by Crippen LogP contribution is 2.82. The van der Waals surface area contributed by atoms with Gasteiger partial charge in [0.25, 0.3) is 0 Å². The molecule has 3 nitrogen and oxygen atoms in total. The second-order valence-corrected chi connectivity index (χ2v) is 12.1. The molecule has 7 rings (SSSR count). The molecule has 0 amide bonds. The average Bonchev–Trinajstić information content (AvgIpc) is 3.53. The molecule has 7 aliphatic rings. The number of ketones is 1. The van der Waals surface area contributed by atoms with E-state index in [1.807, 2.05) is 0 Å². The molecular weight excluding hydrogens is 348 g/mol. The molecule has 6 aliphatic carbocycles. The van der Waals surface area contributed by atoms with Crippen LogP contribution in [0.5, 0.6) is 0 Å². The van der Waals surface area contributed by atoms with E-state index in [1.165, 1.54) is 24.8 Å². The molecule has 1 heterocycles. The van der Waals surface area contributed by atoms with E-state index in [2.05, 4.69) is 26.8 Å². The molecule has 1 spiro atoms. The average molecular weight is 381 g/mol. The zero-order valence-electron chi connectivity index (χ0n) is 17.4. The number of carbonyl (C=O) groups is 2. The largest absolute Gasteiger partial charge is 0.458 e. The lowest BCUT2D eigenvalue weighted by atomic mass is 9.43. The molecule has 1 aliphatic heterocycles. The Morgan fingerprint density at radius 1 is 1.04 bits per heavy atom. The van der Waals surface area contributed by atoms with Crippen molar-refractivity contribution in [2.45, 2.75) is 71.3 Å². The monoisotopic (exact) mass is 380 g/mol. The first-order valence-corrected chi connectivity index (χ1v) is 11.8. The van der Waals surface area contributed by atoms with E-state index < -0.39 is 0 Å².